The molecule has 0 aliphatic carbocycles. The number of unbranched alkanes of at least 4 members (excludes halogenated alkanes) is 1. The summed E-state index contributed by atoms with van der Waals surface area (Å²) in [6.45, 7) is 7.64. The largest absolute Gasteiger partial charge is 0.493 e. The monoisotopic (exact) mass is 439 g/mol. The Morgan fingerprint density at radius 2 is 1.75 bits per heavy atom. The number of ether oxygens (including phenoxy) is 3. The van der Waals surface area contributed by atoms with Crippen LogP contribution in [0.1, 0.15) is 61.7 Å². The van der Waals surface area contributed by atoms with E-state index in [2.05, 4.69) is 6.92 Å². The predicted octanol–water partition coefficient (Wildman–Crippen LogP) is 5.76. The Hall–Kier alpha value is -2.83. The van der Waals surface area contributed by atoms with E-state index in [9.17, 15) is 4.79 Å². The molecule has 0 radical (unpaired) electrons. The average molecular weight is 440 g/mol. The number of hydrogen-bond acceptors (Lipinski definition) is 6. The Kier molecular flexibility index (Phi) is 8.71. The van der Waals surface area contributed by atoms with Gasteiger partial charge in [0, 0.05) is 42.7 Å². The van der Waals surface area contributed by atoms with Gasteiger partial charge in [0.05, 0.1) is 12.2 Å². The third-order valence-corrected chi connectivity index (χ3v) is 5.21. The molecular formula is C26H33NO5. The molecule has 6 heteroatoms. The number of fused-ring (bicyclic) bond motifs is 1. The van der Waals surface area contributed by atoms with Crippen molar-refractivity contribution in [2.75, 3.05) is 25.6 Å². The van der Waals surface area contributed by atoms with E-state index in [0.29, 0.717) is 60.8 Å². The second-order valence-corrected chi connectivity index (χ2v) is 7.59. The van der Waals surface area contributed by atoms with Gasteiger partial charge in [0.1, 0.15) is 17.1 Å². The molecule has 3 aromatic rings. The number of hydrogen-bond donors (Lipinski definition) is 1. The average Bonchev–Trinajstić information content (AvgIpc) is 3.15. The van der Waals surface area contributed by atoms with Gasteiger partial charge in [0.25, 0.3) is 0 Å². The molecule has 0 spiro atoms. The fourth-order valence-corrected chi connectivity index (χ4v) is 3.63. The highest BCUT2D eigenvalue weighted by Gasteiger charge is 2.22. The zero-order valence-corrected chi connectivity index (χ0v) is 19.2. The number of anilines is 1. The Bertz CT molecular complexity index is 1000. The lowest BCUT2D eigenvalue weighted by atomic mass is 9.98. The van der Waals surface area contributed by atoms with Crippen LogP contribution in [0.3, 0.4) is 0 Å². The van der Waals surface area contributed by atoms with Gasteiger partial charge < -0.3 is 24.4 Å². The Labute approximate surface area is 189 Å². The highest BCUT2D eigenvalue weighted by Crippen LogP contribution is 2.31. The lowest BCUT2D eigenvalue weighted by molar-refractivity contribution is -0.142. The van der Waals surface area contributed by atoms with Crippen molar-refractivity contribution in [2.24, 2.45) is 0 Å². The van der Waals surface area contributed by atoms with Crippen molar-refractivity contribution in [1.82, 2.24) is 0 Å². The molecule has 3 rings (SSSR count). The molecule has 0 saturated carbocycles. The Morgan fingerprint density at radius 3 is 2.41 bits per heavy atom. The van der Waals surface area contributed by atoms with Crippen LogP contribution in [0.2, 0.25) is 0 Å². The van der Waals surface area contributed by atoms with Crippen LogP contribution in [0.5, 0.6) is 5.75 Å². The summed E-state index contributed by atoms with van der Waals surface area (Å²) in [5.74, 6) is 1.34. The van der Waals surface area contributed by atoms with E-state index >= 15 is 0 Å². The third-order valence-electron chi connectivity index (χ3n) is 5.21. The van der Waals surface area contributed by atoms with Crippen molar-refractivity contribution in [1.29, 1.82) is 0 Å². The fourth-order valence-electron chi connectivity index (χ4n) is 3.63. The number of carbonyl (C=O) groups is 1. The second kappa shape index (κ2) is 11.7. The number of ketones is 1. The van der Waals surface area contributed by atoms with Gasteiger partial charge in [-0.15, -0.1) is 0 Å². The minimum absolute atomic E-state index is 0.0697. The van der Waals surface area contributed by atoms with E-state index in [1.165, 1.54) is 0 Å². The molecular weight excluding hydrogens is 406 g/mol. The number of rotatable bonds is 13. The van der Waals surface area contributed by atoms with Gasteiger partial charge in [-0.1, -0.05) is 13.3 Å². The molecule has 2 N–H and O–H groups in total. The topological polar surface area (TPSA) is 83.9 Å². The van der Waals surface area contributed by atoms with Gasteiger partial charge >= 0.3 is 0 Å². The van der Waals surface area contributed by atoms with E-state index in [1.807, 2.05) is 38.1 Å². The molecule has 0 bridgehead atoms. The van der Waals surface area contributed by atoms with E-state index in [0.717, 1.165) is 24.0 Å². The SMILES string of the molecule is CCCCc1oc2ccc(N)cc2c1C(=O)c1ccc(OCCC(OCC)OCC)cc1. The zero-order valence-electron chi connectivity index (χ0n) is 19.2. The smallest absolute Gasteiger partial charge is 0.197 e. The van der Waals surface area contributed by atoms with Crippen LogP contribution in [-0.2, 0) is 15.9 Å². The number of benzene rings is 2. The van der Waals surface area contributed by atoms with Crippen molar-refractivity contribution in [2.45, 2.75) is 52.7 Å². The maximum atomic E-state index is 13.4. The molecule has 1 aromatic heterocycles. The van der Waals surface area contributed by atoms with Crippen LogP contribution in [0, 0.1) is 0 Å². The van der Waals surface area contributed by atoms with Gasteiger partial charge in [0.2, 0.25) is 0 Å². The highest BCUT2D eigenvalue weighted by atomic mass is 16.7. The summed E-state index contributed by atoms with van der Waals surface area (Å²) in [5.41, 5.74) is 8.46. The Balaban J connectivity index is 1.74. The fraction of sp³-hybridized carbons (Fsp3) is 0.423. The molecule has 0 atom stereocenters. The predicted molar refractivity (Wildman–Crippen MR) is 126 cm³/mol. The van der Waals surface area contributed by atoms with Crippen LogP contribution in [0.4, 0.5) is 5.69 Å². The molecule has 2 aromatic carbocycles. The molecule has 0 amide bonds. The minimum Gasteiger partial charge on any atom is -0.493 e. The van der Waals surface area contributed by atoms with Crippen LogP contribution in [0.15, 0.2) is 46.9 Å². The molecule has 172 valence electrons. The summed E-state index contributed by atoms with van der Waals surface area (Å²) in [4.78, 5) is 13.4. The van der Waals surface area contributed by atoms with Crippen LogP contribution >= 0.6 is 0 Å². The normalized spacial score (nSPS) is 11.4. The van der Waals surface area contributed by atoms with Gasteiger partial charge in [-0.05, 0) is 62.7 Å². The van der Waals surface area contributed by atoms with E-state index in [1.54, 1.807) is 18.2 Å². The summed E-state index contributed by atoms with van der Waals surface area (Å²) < 4.78 is 22.9. The van der Waals surface area contributed by atoms with Crippen molar-refractivity contribution in [3.63, 3.8) is 0 Å². The Morgan fingerprint density at radius 1 is 1.03 bits per heavy atom. The van der Waals surface area contributed by atoms with Crippen molar-refractivity contribution in [3.05, 3.63) is 59.4 Å². The van der Waals surface area contributed by atoms with Gasteiger partial charge in [-0.25, -0.2) is 0 Å². The summed E-state index contributed by atoms with van der Waals surface area (Å²) in [5, 5.41) is 0.763. The molecule has 0 saturated heterocycles. The van der Waals surface area contributed by atoms with E-state index in [-0.39, 0.29) is 12.1 Å². The van der Waals surface area contributed by atoms with Gasteiger partial charge in [-0.3, -0.25) is 4.79 Å². The van der Waals surface area contributed by atoms with Crippen molar-refractivity contribution in [3.8, 4) is 5.75 Å². The number of nitrogen functional groups attached to an aromatic ring is 1. The summed E-state index contributed by atoms with van der Waals surface area (Å²) >= 11 is 0. The number of furan rings is 1. The zero-order chi connectivity index (χ0) is 22.9. The van der Waals surface area contributed by atoms with Crippen LogP contribution in [0.25, 0.3) is 11.0 Å². The molecule has 0 unspecified atom stereocenters. The first-order valence-corrected chi connectivity index (χ1v) is 11.4. The van der Waals surface area contributed by atoms with Gasteiger partial charge in [-0.2, -0.15) is 0 Å². The lowest BCUT2D eigenvalue weighted by Crippen LogP contribution is -2.20. The molecule has 0 fully saturated rings. The number of nitrogens with two attached hydrogens (primary N) is 1. The van der Waals surface area contributed by atoms with E-state index < -0.39 is 0 Å². The quantitative estimate of drug-likeness (QED) is 0.207. The summed E-state index contributed by atoms with van der Waals surface area (Å²) in [6.07, 6.45) is 3.05. The maximum Gasteiger partial charge on any atom is 0.197 e. The molecule has 0 aliphatic rings. The molecule has 6 nitrogen and oxygen atoms in total. The first kappa shape index (κ1) is 23.8. The molecule has 0 aliphatic heterocycles. The first-order valence-electron chi connectivity index (χ1n) is 11.4. The third kappa shape index (κ3) is 5.90. The van der Waals surface area contributed by atoms with Crippen molar-refractivity contribution < 1.29 is 23.4 Å². The maximum absolute atomic E-state index is 13.4. The van der Waals surface area contributed by atoms with Gasteiger partial charge in [0.15, 0.2) is 12.1 Å². The summed E-state index contributed by atoms with van der Waals surface area (Å²) in [6, 6.07) is 12.6. The molecule has 1 heterocycles. The molecule has 32 heavy (non-hydrogen) atoms. The highest BCUT2D eigenvalue weighted by molar-refractivity contribution is 6.17. The number of aryl methyl sites for hydroxylation is 1. The second-order valence-electron chi connectivity index (χ2n) is 7.59. The standard InChI is InChI=1S/C26H33NO5/c1-4-7-8-23-25(21-17-19(27)11-14-22(21)32-23)26(28)18-9-12-20(13-10-18)31-16-15-24(29-5-2)30-6-3/h9-14,17,24H,4-8,15-16,27H2,1-3H3. The van der Waals surface area contributed by atoms with Crippen molar-refractivity contribution >= 4 is 22.4 Å². The minimum atomic E-state index is -0.269. The van der Waals surface area contributed by atoms with Crippen LogP contribution < -0.4 is 10.5 Å². The van der Waals surface area contributed by atoms with E-state index in [4.69, 9.17) is 24.4 Å². The number of carbonyl (C=O) groups excluding carboxylic acids is 1. The van der Waals surface area contributed by atoms with Crippen LogP contribution in [-0.4, -0.2) is 31.9 Å². The summed E-state index contributed by atoms with van der Waals surface area (Å²) in [7, 11) is 0. The lowest BCUT2D eigenvalue weighted by Gasteiger charge is -2.17. The first-order chi connectivity index (χ1) is 15.6.